The van der Waals surface area contributed by atoms with Gasteiger partial charge >= 0.3 is 0 Å². The topological polar surface area (TPSA) is 52.7 Å². The summed E-state index contributed by atoms with van der Waals surface area (Å²) in [5.41, 5.74) is 4.56. The molecule has 2 amide bonds. The molecule has 0 bridgehead atoms. The molecule has 0 radical (unpaired) electrons. The summed E-state index contributed by atoms with van der Waals surface area (Å²) in [5.74, 6) is -0.0805. The van der Waals surface area contributed by atoms with Crippen molar-refractivity contribution in [1.29, 1.82) is 0 Å². The number of para-hydroxylation sites is 1. The molecule has 1 saturated heterocycles. The zero-order valence-corrected chi connectivity index (χ0v) is 17.2. The van der Waals surface area contributed by atoms with Crippen LogP contribution in [0.5, 0.6) is 0 Å². The molecule has 0 unspecified atom stereocenters. The summed E-state index contributed by atoms with van der Waals surface area (Å²) in [6.45, 7) is 7.53. The number of rotatable bonds is 6. The normalized spacial score (nSPS) is 14.3. The van der Waals surface area contributed by atoms with E-state index in [1.807, 2.05) is 55.2 Å². The molecular weight excluding hydrogens is 362 g/mol. The summed E-state index contributed by atoms with van der Waals surface area (Å²) in [6.07, 6.45) is 3.67. The Morgan fingerprint density at radius 2 is 1.72 bits per heavy atom. The number of anilines is 1. The lowest BCUT2D eigenvalue weighted by atomic mass is 10.1. The molecule has 0 spiro atoms. The van der Waals surface area contributed by atoms with Crippen LogP contribution < -0.4 is 10.2 Å². The summed E-state index contributed by atoms with van der Waals surface area (Å²) in [4.78, 5) is 28.6. The minimum Gasteiger partial charge on any atom is -0.368 e. The van der Waals surface area contributed by atoms with Crippen LogP contribution in [0.15, 0.2) is 54.6 Å². The van der Waals surface area contributed by atoms with E-state index in [2.05, 4.69) is 28.4 Å². The van der Waals surface area contributed by atoms with E-state index in [0.29, 0.717) is 26.1 Å². The molecule has 3 rings (SSSR count). The number of nitrogens with one attached hydrogen (secondary N) is 1. The van der Waals surface area contributed by atoms with Crippen LogP contribution in [0.3, 0.4) is 0 Å². The first kappa shape index (κ1) is 20.6. The summed E-state index contributed by atoms with van der Waals surface area (Å²) in [6, 6.07) is 16.4. The zero-order chi connectivity index (χ0) is 20.6. The molecular formula is C24H29N3O2. The van der Waals surface area contributed by atoms with Crippen molar-refractivity contribution in [2.75, 3.05) is 37.6 Å². The molecule has 1 N–H and O–H groups in total. The fraction of sp³-hybridized carbons (Fsp3) is 0.333. The van der Waals surface area contributed by atoms with E-state index < -0.39 is 0 Å². The molecule has 0 aliphatic carbocycles. The fourth-order valence-electron chi connectivity index (χ4n) is 3.54. The number of hydrogen-bond acceptors (Lipinski definition) is 3. The molecule has 29 heavy (non-hydrogen) atoms. The number of piperazine rings is 1. The maximum Gasteiger partial charge on any atom is 0.244 e. The van der Waals surface area contributed by atoms with Gasteiger partial charge in [0.25, 0.3) is 0 Å². The number of benzene rings is 2. The first-order chi connectivity index (χ1) is 14.0. The third-order valence-electron chi connectivity index (χ3n) is 5.23. The summed E-state index contributed by atoms with van der Waals surface area (Å²) >= 11 is 0. The molecule has 1 aliphatic rings. The highest BCUT2D eigenvalue weighted by molar-refractivity contribution is 5.92. The van der Waals surface area contributed by atoms with E-state index in [1.165, 1.54) is 17.3 Å². The van der Waals surface area contributed by atoms with Gasteiger partial charge in [-0.1, -0.05) is 42.0 Å². The number of amides is 2. The average molecular weight is 392 g/mol. The van der Waals surface area contributed by atoms with Gasteiger partial charge in [0.2, 0.25) is 11.8 Å². The van der Waals surface area contributed by atoms with Crippen LogP contribution in [0.2, 0.25) is 0 Å². The van der Waals surface area contributed by atoms with Crippen molar-refractivity contribution < 1.29 is 9.59 Å². The molecule has 0 saturated carbocycles. The summed E-state index contributed by atoms with van der Waals surface area (Å²) < 4.78 is 0. The van der Waals surface area contributed by atoms with Gasteiger partial charge in [0, 0.05) is 50.9 Å². The van der Waals surface area contributed by atoms with Crippen molar-refractivity contribution in [2.24, 2.45) is 0 Å². The third kappa shape index (κ3) is 5.95. The van der Waals surface area contributed by atoms with Gasteiger partial charge in [0.15, 0.2) is 0 Å². The van der Waals surface area contributed by atoms with E-state index in [-0.39, 0.29) is 11.8 Å². The van der Waals surface area contributed by atoms with Gasteiger partial charge in [-0.15, -0.1) is 0 Å². The minimum absolute atomic E-state index is 0.0939. The maximum atomic E-state index is 12.4. The first-order valence-electron chi connectivity index (χ1n) is 10.1. The first-order valence-corrected chi connectivity index (χ1v) is 10.1. The van der Waals surface area contributed by atoms with Crippen molar-refractivity contribution >= 4 is 23.6 Å². The largest absolute Gasteiger partial charge is 0.368 e. The van der Waals surface area contributed by atoms with Crippen molar-refractivity contribution in [3.8, 4) is 0 Å². The second-order valence-corrected chi connectivity index (χ2v) is 7.44. The monoisotopic (exact) mass is 391 g/mol. The standard InChI is InChI=1S/C24H29N3O2/c1-19-8-9-21(20(2)18-19)10-11-23(28)25-13-12-24(29)27-16-14-26(15-17-27)22-6-4-3-5-7-22/h3-11,18H,12-17H2,1-2H3,(H,25,28)/b11-10+. The lowest BCUT2D eigenvalue weighted by Crippen LogP contribution is -2.49. The number of aryl methyl sites for hydroxylation is 2. The molecule has 2 aromatic carbocycles. The number of nitrogens with zero attached hydrogens (tertiary/aromatic N) is 2. The molecule has 1 heterocycles. The SMILES string of the molecule is Cc1ccc(/C=C/C(=O)NCCC(=O)N2CCN(c3ccccc3)CC2)c(C)c1. The van der Waals surface area contributed by atoms with Crippen LogP contribution in [-0.4, -0.2) is 49.4 Å². The summed E-state index contributed by atoms with van der Waals surface area (Å²) in [5, 5.41) is 2.80. The van der Waals surface area contributed by atoms with E-state index in [9.17, 15) is 9.59 Å². The third-order valence-corrected chi connectivity index (χ3v) is 5.23. The van der Waals surface area contributed by atoms with E-state index in [4.69, 9.17) is 0 Å². The van der Waals surface area contributed by atoms with Crippen molar-refractivity contribution in [2.45, 2.75) is 20.3 Å². The highest BCUT2D eigenvalue weighted by Gasteiger charge is 2.20. The Balaban J connectivity index is 1.38. The molecule has 5 heteroatoms. The predicted octanol–water partition coefficient (Wildman–Crippen LogP) is 3.17. The molecule has 152 valence electrons. The molecule has 0 atom stereocenters. The quantitative estimate of drug-likeness (QED) is 0.770. The smallest absolute Gasteiger partial charge is 0.244 e. The Hall–Kier alpha value is -3.08. The fourth-order valence-corrected chi connectivity index (χ4v) is 3.54. The second-order valence-electron chi connectivity index (χ2n) is 7.44. The minimum atomic E-state index is -0.174. The molecule has 2 aromatic rings. The molecule has 5 nitrogen and oxygen atoms in total. The molecule has 0 aromatic heterocycles. The Labute approximate surface area is 173 Å². The number of carbonyl (C=O) groups is 2. The zero-order valence-electron chi connectivity index (χ0n) is 17.2. The van der Waals surface area contributed by atoms with Crippen LogP contribution in [0.4, 0.5) is 5.69 Å². The second kappa shape index (κ2) is 9.92. The Morgan fingerprint density at radius 1 is 1.00 bits per heavy atom. The van der Waals surface area contributed by atoms with Crippen LogP contribution in [0.1, 0.15) is 23.1 Å². The van der Waals surface area contributed by atoms with Gasteiger partial charge in [-0.25, -0.2) is 0 Å². The van der Waals surface area contributed by atoms with Gasteiger partial charge in [-0.05, 0) is 43.2 Å². The number of carbonyl (C=O) groups excluding carboxylic acids is 2. The number of hydrogen-bond donors (Lipinski definition) is 1. The average Bonchev–Trinajstić information content (AvgIpc) is 2.74. The van der Waals surface area contributed by atoms with Crippen molar-refractivity contribution in [3.63, 3.8) is 0 Å². The molecule has 1 fully saturated rings. The van der Waals surface area contributed by atoms with Crippen LogP contribution in [0, 0.1) is 13.8 Å². The van der Waals surface area contributed by atoms with Gasteiger partial charge in [0.05, 0.1) is 0 Å². The van der Waals surface area contributed by atoms with E-state index in [0.717, 1.165) is 24.2 Å². The van der Waals surface area contributed by atoms with Gasteiger partial charge in [-0.3, -0.25) is 9.59 Å². The Morgan fingerprint density at radius 3 is 2.41 bits per heavy atom. The lowest BCUT2D eigenvalue weighted by Gasteiger charge is -2.36. The molecule has 1 aliphatic heterocycles. The lowest BCUT2D eigenvalue weighted by molar-refractivity contribution is -0.131. The van der Waals surface area contributed by atoms with Crippen molar-refractivity contribution in [1.82, 2.24) is 10.2 Å². The van der Waals surface area contributed by atoms with E-state index >= 15 is 0 Å². The van der Waals surface area contributed by atoms with Crippen LogP contribution in [0.25, 0.3) is 6.08 Å². The highest BCUT2D eigenvalue weighted by atomic mass is 16.2. The van der Waals surface area contributed by atoms with Gasteiger partial charge in [-0.2, -0.15) is 0 Å². The van der Waals surface area contributed by atoms with Crippen molar-refractivity contribution in [3.05, 3.63) is 71.3 Å². The van der Waals surface area contributed by atoms with Gasteiger partial charge < -0.3 is 15.1 Å². The highest BCUT2D eigenvalue weighted by Crippen LogP contribution is 2.16. The Bertz CT molecular complexity index is 869. The van der Waals surface area contributed by atoms with Gasteiger partial charge in [0.1, 0.15) is 0 Å². The Kier molecular flexibility index (Phi) is 7.06. The summed E-state index contributed by atoms with van der Waals surface area (Å²) in [7, 11) is 0. The van der Waals surface area contributed by atoms with Crippen LogP contribution >= 0.6 is 0 Å². The van der Waals surface area contributed by atoms with Crippen LogP contribution in [-0.2, 0) is 9.59 Å². The maximum absolute atomic E-state index is 12.4. The van der Waals surface area contributed by atoms with E-state index in [1.54, 1.807) is 0 Å². The predicted molar refractivity (Wildman–Crippen MR) is 118 cm³/mol.